The van der Waals surface area contributed by atoms with Gasteiger partial charge in [0.2, 0.25) is 0 Å². The van der Waals surface area contributed by atoms with Gasteiger partial charge in [-0.05, 0) is 60.8 Å². The van der Waals surface area contributed by atoms with E-state index in [2.05, 4.69) is 21.2 Å². The summed E-state index contributed by atoms with van der Waals surface area (Å²) in [7, 11) is 1.54. The maximum absolute atomic E-state index is 12.9. The van der Waals surface area contributed by atoms with Gasteiger partial charge < -0.3 is 9.84 Å². The fraction of sp³-hybridized carbons (Fsp3) is 0.0556. The van der Waals surface area contributed by atoms with Gasteiger partial charge in [0, 0.05) is 10.0 Å². The minimum atomic E-state index is -0.621. The van der Waals surface area contributed by atoms with Gasteiger partial charge in [-0.1, -0.05) is 15.9 Å². The van der Waals surface area contributed by atoms with Crippen LogP contribution in [0.4, 0.5) is 5.69 Å². The number of hydrogen-bond donors (Lipinski definition) is 2. The van der Waals surface area contributed by atoms with E-state index in [1.165, 1.54) is 24.2 Å². The van der Waals surface area contributed by atoms with Crippen LogP contribution in [0.5, 0.6) is 11.5 Å². The van der Waals surface area contributed by atoms with E-state index in [1.807, 2.05) is 0 Å². The second kappa shape index (κ2) is 7.27. The highest BCUT2D eigenvalue weighted by Gasteiger charge is 2.34. The van der Waals surface area contributed by atoms with Crippen LogP contribution < -0.4 is 15.0 Å². The Hall–Kier alpha value is -2.71. The number of carbonyl (C=O) groups is 2. The first kappa shape index (κ1) is 18.1. The van der Waals surface area contributed by atoms with E-state index >= 15 is 0 Å². The third-order valence-electron chi connectivity index (χ3n) is 3.72. The molecule has 0 aromatic heterocycles. The van der Waals surface area contributed by atoms with Crippen LogP contribution in [0, 0.1) is 0 Å². The Bertz CT molecular complexity index is 941. The summed E-state index contributed by atoms with van der Waals surface area (Å²) < 4.78 is 5.80. The van der Waals surface area contributed by atoms with Crippen LogP contribution in [-0.4, -0.2) is 29.1 Å². The lowest BCUT2D eigenvalue weighted by Gasteiger charge is -2.29. The number of phenols is 1. The Labute approximate surface area is 163 Å². The summed E-state index contributed by atoms with van der Waals surface area (Å²) in [6, 6.07) is 11.4. The van der Waals surface area contributed by atoms with Gasteiger partial charge in [0.25, 0.3) is 11.8 Å². The van der Waals surface area contributed by atoms with Gasteiger partial charge in [-0.2, -0.15) is 0 Å². The smallest absolute Gasteiger partial charge is 0.270 e. The summed E-state index contributed by atoms with van der Waals surface area (Å²) >= 11 is 8.44. The second-order valence-electron chi connectivity index (χ2n) is 5.36. The molecule has 1 aliphatic heterocycles. The zero-order valence-electron chi connectivity index (χ0n) is 13.5. The average molecular weight is 433 g/mol. The first-order valence-electron chi connectivity index (χ1n) is 7.44. The first-order chi connectivity index (χ1) is 12.4. The fourth-order valence-electron chi connectivity index (χ4n) is 2.42. The summed E-state index contributed by atoms with van der Waals surface area (Å²) in [5.41, 5.74) is 0.688. The predicted molar refractivity (Wildman–Crippen MR) is 105 cm³/mol. The second-order valence-corrected chi connectivity index (χ2v) is 6.66. The molecule has 26 heavy (non-hydrogen) atoms. The van der Waals surface area contributed by atoms with Gasteiger partial charge >= 0.3 is 0 Å². The standard InChI is InChI=1S/C18H13BrN2O4S/c1-25-13-5-3-12(4-6-13)21-17(24)14(16(23)20-18(21)26)9-10-8-11(19)2-7-15(10)22/h2-9,22H,1H3,(H,20,23,26)/b14-9+. The lowest BCUT2D eigenvalue weighted by Crippen LogP contribution is -2.54. The van der Waals surface area contributed by atoms with Gasteiger partial charge in [-0.15, -0.1) is 0 Å². The van der Waals surface area contributed by atoms with Crippen LogP contribution in [0.25, 0.3) is 6.08 Å². The van der Waals surface area contributed by atoms with Crippen molar-refractivity contribution in [3.05, 3.63) is 58.1 Å². The number of ether oxygens (including phenoxy) is 1. The van der Waals surface area contributed by atoms with Crippen molar-refractivity contribution in [1.29, 1.82) is 0 Å². The molecule has 6 nitrogen and oxygen atoms in total. The van der Waals surface area contributed by atoms with Gasteiger partial charge in [0.15, 0.2) is 5.11 Å². The minimum absolute atomic E-state index is 0.0132. The zero-order chi connectivity index (χ0) is 18.8. The molecule has 8 heteroatoms. The highest BCUT2D eigenvalue weighted by molar-refractivity contribution is 9.10. The maximum atomic E-state index is 12.9. The van der Waals surface area contributed by atoms with E-state index in [1.54, 1.807) is 36.4 Å². The molecule has 3 rings (SSSR count). The molecule has 0 bridgehead atoms. The van der Waals surface area contributed by atoms with Crippen molar-refractivity contribution in [2.24, 2.45) is 0 Å². The van der Waals surface area contributed by atoms with E-state index in [9.17, 15) is 14.7 Å². The van der Waals surface area contributed by atoms with Crippen LogP contribution >= 0.6 is 28.1 Å². The molecule has 0 spiro atoms. The molecule has 0 unspecified atom stereocenters. The molecule has 2 aromatic rings. The summed E-state index contributed by atoms with van der Waals surface area (Å²) in [5, 5.41) is 12.5. The molecule has 0 saturated carbocycles. The van der Waals surface area contributed by atoms with Gasteiger partial charge in [-0.25, -0.2) is 0 Å². The van der Waals surface area contributed by atoms with E-state index in [0.29, 0.717) is 21.5 Å². The number of rotatable bonds is 3. The molecule has 0 atom stereocenters. The molecule has 2 aromatic carbocycles. The Kier molecular flexibility index (Phi) is 5.06. The SMILES string of the molecule is COc1ccc(N2C(=O)/C(=C/c3cc(Br)ccc3O)C(=O)NC2=S)cc1. The van der Waals surface area contributed by atoms with Crippen LogP contribution in [0.15, 0.2) is 52.5 Å². The Morgan fingerprint density at radius 1 is 1.19 bits per heavy atom. The number of hydrogen-bond acceptors (Lipinski definition) is 5. The molecule has 1 aliphatic rings. The zero-order valence-corrected chi connectivity index (χ0v) is 15.9. The van der Waals surface area contributed by atoms with Crippen molar-refractivity contribution in [3.63, 3.8) is 0 Å². The lowest BCUT2D eigenvalue weighted by atomic mass is 10.1. The summed E-state index contributed by atoms with van der Waals surface area (Å²) in [4.78, 5) is 26.4. The van der Waals surface area contributed by atoms with Gasteiger partial charge in [-0.3, -0.25) is 19.8 Å². The van der Waals surface area contributed by atoms with Gasteiger partial charge in [0.05, 0.1) is 12.8 Å². The highest BCUT2D eigenvalue weighted by atomic mass is 79.9. The molecule has 0 radical (unpaired) electrons. The van der Waals surface area contributed by atoms with Crippen molar-refractivity contribution in [1.82, 2.24) is 5.32 Å². The third-order valence-corrected chi connectivity index (χ3v) is 4.50. The summed E-state index contributed by atoms with van der Waals surface area (Å²) in [6.07, 6.45) is 1.33. The Balaban J connectivity index is 2.02. The molecule has 0 aliphatic carbocycles. The number of nitrogens with zero attached hydrogens (tertiary/aromatic N) is 1. The van der Waals surface area contributed by atoms with E-state index in [4.69, 9.17) is 17.0 Å². The van der Waals surface area contributed by atoms with Gasteiger partial charge in [0.1, 0.15) is 17.1 Å². The van der Waals surface area contributed by atoms with Crippen LogP contribution in [0.3, 0.4) is 0 Å². The number of carbonyl (C=O) groups excluding carboxylic acids is 2. The lowest BCUT2D eigenvalue weighted by molar-refractivity contribution is -0.122. The Morgan fingerprint density at radius 3 is 2.54 bits per heavy atom. The first-order valence-corrected chi connectivity index (χ1v) is 8.65. The monoisotopic (exact) mass is 432 g/mol. The molecular weight excluding hydrogens is 420 g/mol. The molecule has 1 fully saturated rings. The van der Waals surface area contributed by atoms with Crippen molar-refractivity contribution in [2.45, 2.75) is 0 Å². The highest BCUT2D eigenvalue weighted by Crippen LogP contribution is 2.27. The summed E-state index contributed by atoms with van der Waals surface area (Å²) in [5.74, 6) is -0.624. The maximum Gasteiger partial charge on any atom is 0.270 e. The van der Waals surface area contributed by atoms with Crippen molar-refractivity contribution in [3.8, 4) is 11.5 Å². The molecule has 2 amide bonds. The number of halogens is 1. The number of benzene rings is 2. The number of phenolic OH excluding ortho intramolecular Hbond substituents is 1. The Morgan fingerprint density at radius 2 is 1.88 bits per heavy atom. The predicted octanol–water partition coefficient (Wildman–Crippen LogP) is 2.99. The minimum Gasteiger partial charge on any atom is -0.507 e. The van der Waals surface area contributed by atoms with Crippen LogP contribution in [0.1, 0.15) is 5.56 Å². The third kappa shape index (κ3) is 3.47. The molecule has 1 saturated heterocycles. The number of anilines is 1. The molecule has 132 valence electrons. The number of thiocarbonyl (C=S) groups is 1. The fourth-order valence-corrected chi connectivity index (χ4v) is 3.08. The molecule has 1 heterocycles. The van der Waals surface area contributed by atoms with Crippen molar-refractivity contribution >= 4 is 56.8 Å². The number of methoxy groups -OCH3 is 1. The van der Waals surface area contributed by atoms with E-state index in [0.717, 1.165) is 0 Å². The normalized spacial score (nSPS) is 16.0. The van der Waals surface area contributed by atoms with Crippen LogP contribution in [0.2, 0.25) is 0 Å². The van der Waals surface area contributed by atoms with Crippen LogP contribution in [-0.2, 0) is 9.59 Å². The van der Waals surface area contributed by atoms with Crippen molar-refractivity contribution in [2.75, 3.05) is 12.0 Å². The molecular formula is C18H13BrN2O4S. The average Bonchev–Trinajstić information content (AvgIpc) is 2.62. The number of aromatic hydroxyl groups is 1. The molecule has 2 N–H and O–H groups in total. The van der Waals surface area contributed by atoms with E-state index < -0.39 is 11.8 Å². The largest absolute Gasteiger partial charge is 0.507 e. The van der Waals surface area contributed by atoms with E-state index in [-0.39, 0.29) is 16.4 Å². The topological polar surface area (TPSA) is 78.9 Å². The van der Waals surface area contributed by atoms with Crippen molar-refractivity contribution < 1.29 is 19.4 Å². The number of amides is 2. The quantitative estimate of drug-likeness (QED) is 0.442. The number of nitrogens with one attached hydrogen (secondary N) is 1. The summed E-state index contributed by atoms with van der Waals surface area (Å²) in [6.45, 7) is 0.